The first-order chi connectivity index (χ1) is 8.45. The molecule has 0 fully saturated rings. The zero-order chi connectivity index (χ0) is 14.0. The van der Waals surface area contributed by atoms with Gasteiger partial charge in [0.15, 0.2) is 0 Å². The fourth-order valence-electron chi connectivity index (χ4n) is 1.15. The largest absolute Gasteiger partial charge is 0.481 e. The van der Waals surface area contributed by atoms with E-state index >= 15 is 0 Å². The third kappa shape index (κ3) is 9.76. The zero-order valence-electron chi connectivity index (χ0n) is 10.1. The molecule has 0 aliphatic rings. The van der Waals surface area contributed by atoms with Gasteiger partial charge >= 0.3 is 12.0 Å². The molecule has 0 aromatic carbocycles. The SMILES string of the molecule is CCC(CC(=O)O)NC(=O)NCCOCC(F)F. The molecule has 8 heteroatoms. The van der Waals surface area contributed by atoms with Gasteiger partial charge in [-0.05, 0) is 6.42 Å². The predicted molar refractivity (Wildman–Crippen MR) is 59.7 cm³/mol. The molecule has 2 amide bonds. The molecule has 0 heterocycles. The number of halogens is 2. The number of carboxylic acids is 1. The van der Waals surface area contributed by atoms with Crippen LogP contribution in [0.1, 0.15) is 19.8 Å². The van der Waals surface area contributed by atoms with Gasteiger partial charge in [-0.25, -0.2) is 13.6 Å². The Hall–Kier alpha value is -1.44. The highest BCUT2D eigenvalue weighted by atomic mass is 19.3. The molecule has 106 valence electrons. The Balaban J connectivity index is 3.65. The Morgan fingerprint density at radius 3 is 2.56 bits per heavy atom. The molecular weight excluding hydrogens is 250 g/mol. The van der Waals surface area contributed by atoms with Gasteiger partial charge in [0.05, 0.1) is 13.0 Å². The summed E-state index contributed by atoms with van der Waals surface area (Å²) in [6.07, 6.45) is -2.20. The molecule has 0 spiro atoms. The normalized spacial score (nSPS) is 12.2. The maximum atomic E-state index is 11.7. The van der Waals surface area contributed by atoms with Crippen LogP contribution in [0.25, 0.3) is 0 Å². The van der Waals surface area contributed by atoms with E-state index in [1.54, 1.807) is 6.92 Å². The van der Waals surface area contributed by atoms with Crippen molar-refractivity contribution in [1.82, 2.24) is 10.6 Å². The lowest BCUT2D eigenvalue weighted by Gasteiger charge is -2.15. The van der Waals surface area contributed by atoms with Gasteiger partial charge in [-0.2, -0.15) is 0 Å². The molecule has 0 aliphatic heterocycles. The van der Waals surface area contributed by atoms with Crippen molar-refractivity contribution in [3.63, 3.8) is 0 Å². The molecule has 0 radical (unpaired) electrons. The van der Waals surface area contributed by atoms with E-state index in [-0.39, 0.29) is 19.6 Å². The number of amides is 2. The fourth-order valence-corrected chi connectivity index (χ4v) is 1.15. The molecule has 6 nitrogen and oxygen atoms in total. The molecular formula is C10H18F2N2O4. The lowest BCUT2D eigenvalue weighted by atomic mass is 10.1. The van der Waals surface area contributed by atoms with E-state index in [1.165, 1.54) is 0 Å². The number of carbonyl (C=O) groups excluding carboxylic acids is 1. The highest BCUT2D eigenvalue weighted by molar-refractivity contribution is 5.75. The quantitative estimate of drug-likeness (QED) is 0.540. The first-order valence-electron chi connectivity index (χ1n) is 5.57. The van der Waals surface area contributed by atoms with Crippen molar-refractivity contribution in [3.05, 3.63) is 0 Å². The van der Waals surface area contributed by atoms with Crippen LogP contribution in [0.5, 0.6) is 0 Å². The van der Waals surface area contributed by atoms with Crippen LogP contribution in [-0.2, 0) is 9.53 Å². The van der Waals surface area contributed by atoms with Crippen LogP contribution >= 0.6 is 0 Å². The Labute approximate surface area is 104 Å². The summed E-state index contributed by atoms with van der Waals surface area (Å²) in [4.78, 5) is 21.7. The van der Waals surface area contributed by atoms with Crippen LogP contribution < -0.4 is 10.6 Å². The second-order valence-corrected chi connectivity index (χ2v) is 3.57. The Kier molecular flexibility index (Phi) is 8.81. The zero-order valence-corrected chi connectivity index (χ0v) is 10.1. The topological polar surface area (TPSA) is 87.7 Å². The van der Waals surface area contributed by atoms with Gasteiger partial charge in [-0.3, -0.25) is 4.79 Å². The molecule has 18 heavy (non-hydrogen) atoms. The fraction of sp³-hybridized carbons (Fsp3) is 0.800. The third-order valence-electron chi connectivity index (χ3n) is 2.02. The minimum atomic E-state index is -2.53. The summed E-state index contributed by atoms with van der Waals surface area (Å²) >= 11 is 0. The highest BCUT2D eigenvalue weighted by Crippen LogP contribution is 1.97. The molecule has 0 saturated carbocycles. The number of hydrogen-bond donors (Lipinski definition) is 3. The van der Waals surface area contributed by atoms with Crippen molar-refractivity contribution in [1.29, 1.82) is 0 Å². The molecule has 0 rings (SSSR count). The van der Waals surface area contributed by atoms with E-state index in [0.29, 0.717) is 6.42 Å². The van der Waals surface area contributed by atoms with Gasteiger partial charge < -0.3 is 20.5 Å². The highest BCUT2D eigenvalue weighted by Gasteiger charge is 2.13. The average molecular weight is 268 g/mol. The molecule has 3 N–H and O–H groups in total. The minimum absolute atomic E-state index is 0.0204. The standard InChI is InChI=1S/C10H18F2N2O4/c1-2-7(5-9(15)16)14-10(17)13-3-4-18-6-8(11)12/h7-8H,2-6H2,1H3,(H,15,16)(H2,13,14,17). The van der Waals surface area contributed by atoms with Crippen molar-refractivity contribution >= 4 is 12.0 Å². The number of aliphatic carboxylic acids is 1. The summed E-state index contributed by atoms with van der Waals surface area (Å²) in [5.74, 6) is -0.998. The molecule has 0 aliphatic carbocycles. The predicted octanol–water partition coefficient (Wildman–Crippen LogP) is 0.821. The van der Waals surface area contributed by atoms with E-state index < -0.39 is 31.1 Å². The molecule has 0 aromatic heterocycles. The smallest absolute Gasteiger partial charge is 0.315 e. The molecule has 0 saturated heterocycles. The number of ether oxygens (including phenoxy) is 1. The average Bonchev–Trinajstić information content (AvgIpc) is 2.26. The second kappa shape index (κ2) is 9.58. The lowest BCUT2D eigenvalue weighted by Crippen LogP contribution is -2.43. The summed E-state index contributed by atoms with van der Waals surface area (Å²) in [5.41, 5.74) is 0. The summed E-state index contributed by atoms with van der Waals surface area (Å²) in [6.45, 7) is 1.15. The van der Waals surface area contributed by atoms with Crippen LogP contribution in [0.15, 0.2) is 0 Å². The van der Waals surface area contributed by atoms with Crippen molar-refractivity contribution in [2.75, 3.05) is 19.8 Å². The first-order valence-corrected chi connectivity index (χ1v) is 5.57. The van der Waals surface area contributed by atoms with Gasteiger partial charge in [0, 0.05) is 12.6 Å². The maximum Gasteiger partial charge on any atom is 0.315 e. The number of carboxylic acid groups (broad SMARTS) is 1. The van der Waals surface area contributed by atoms with Crippen molar-refractivity contribution < 1.29 is 28.2 Å². The van der Waals surface area contributed by atoms with Gasteiger partial charge in [0.1, 0.15) is 6.61 Å². The van der Waals surface area contributed by atoms with Crippen molar-refractivity contribution in [2.24, 2.45) is 0 Å². The van der Waals surface area contributed by atoms with Gasteiger partial charge in [0.2, 0.25) is 0 Å². The Morgan fingerprint density at radius 2 is 2.06 bits per heavy atom. The first kappa shape index (κ1) is 16.6. The Bertz CT molecular complexity index is 264. The summed E-state index contributed by atoms with van der Waals surface area (Å²) in [5, 5.41) is 13.4. The van der Waals surface area contributed by atoms with Crippen LogP contribution in [-0.4, -0.2) is 49.3 Å². The third-order valence-corrected chi connectivity index (χ3v) is 2.02. The summed E-state index contributed by atoms with van der Waals surface area (Å²) < 4.78 is 27.9. The molecule has 0 aromatic rings. The minimum Gasteiger partial charge on any atom is -0.481 e. The second-order valence-electron chi connectivity index (χ2n) is 3.57. The molecule has 1 atom stereocenters. The van der Waals surface area contributed by atoms with Gasteiger partial charge in [-0.15, -0.1) is 0 Å². The van der Waals surface area contributed by atoms with Crippen LogP contribution in [0, 0.1) is 0 Å². The number of hydrogen-bond acceptors (Lipinski definition) is 3. The van der Waals surface area contributed by atoms with Crippen LogP contribution in [0.3, 0.4) is 0 Å². The maximum absolute atomic E-state index is 11.7. The van der Waals surface area contributed by atoms with Crippen molar-refractivity contribution in [3.8, 4) is 0 Å². The van der Waals surface area contributed by atoms with E-state index in [9.17, 15) is 18.4 Å². The summed E-state index contributed by atoms with van der Waals surface area (Å²) in [7, 11) is 0. The molecule has 1 unspecified atom stereocenters. The van der Waals surface area contributed by atoms with E-state index in [1.807, 2.05) is 0 Å². The van der Waals surface area contributed by atoms with E-state index in [0.717, 1.165) is 0 Å². The number of nitrogens with one attached hydrogen (secondary N) is 2. The van der Waals surface area contributed by atoms with Crippen molar-refractivity contribution in [2.45, 2.75) is 32.2 Å². The number of urea groups is 1. The number of carbonyl (C=O) groups is 2. The lowest BCUT2D eigenvalue weighted by molar-refractivity contribution is -0.137. The Morgan fingerprint density at radius 1 is 1.39 bits per heavy atom. The monoisotopic (exact) mass is 268 g/mol. The van der Waals surface area contributed by atoms with E-state index in [4.69, 9.17) is 5.11 Å². The molecule has 0 bridgehead atoms. The van der Waals surface area contributed by atoms with Gasteiger partial charge in [-0.1, -0.05) is 6.92 Å². The number of rotatable bonds is 9. The summed E-state index contributed by atoms with van der Waals surface area (Å²) in [6, 6.07) is -0.992. The van der Waals surface area contributed by atoms with E-state index in [2.05, 4.69) is 15.4 Å². The van der Waals surface area contributed by atoms with Gasteiger partial charge in [0.25, 0.3) is 6.43 Å². The van der Waals surface area contributed by atoms with Crippen LogP contribution in [0.2, 0.25) is 0 Å². The van der Waals surface area contributed by atoms with Crippen LogP contribution in [0.4, 0.5) is 13.6 Å². The number of alkyl halides is 2.